The number of rotatable bonds is 4. The molecule has 0 saturated heterocycles. The monoisotopic (exact) mass is 344 g/mol. The van der Waals surface area contributed by atoms with E-state index in [1.807, 2.05) is 35.7 Å². The zero-order valence-corrected chi connectivity index (χ0v) is 13.9. The average molecular weight is 344 g/mol. The summed E-state index contributed by atoms with van der Waals surface area (Å²) in [5, 5.41) is 10.8. The first-order valence-electron chi connectivity index (χ1n) is 6.96. The van der Waals surface area contributed by atoms with E-state index in [1.165, 1.54) is 4.88 Å². The minimum atomic E-state index is 0.154. The molecule has 1 aromatic carbocycles. The van der Waals surface area contributed by atoms with Crippen LogP contribution in [0, 0.1) is 0 Å². The number of guanidine groups is 1. The Morgan fingerprint density at radius 1 is 1.26 bits per heavy atom. The number of hydrogen-bond donors (Lipinski definition) is 3. The largest absolute Gasteiger partial charge is 0.368 e. The summed E-state index contributed by atoms with van der Waals surface area (Å²) >= 11 is 3.28. The van der Waals surface area contributed by atoms with E-state index < -0.39 is 0 Å². The predicted octanol–water partition coefficient (Wildman–Crippen LogP) is 2.86. The molecule has 0 unspecified atom stereocenters. The summed E-state index contributed by atoms with van der Waals surface area (Å²) < 4.78 is 0. The molecule has 0 amide bonds. The molecule has 6 nitrogen and oxygen atoms in total. The van der Waals surface area contributed by atoms with Crippen molar-refractivity contribution in [2.75, 3.05) is 6.54 Å². The van der Waals surface area contributed by atoms with Crippen molar-refractivity contribution in [1.82, 2.24) is 10.2 Å². The van der Waals surface area contributed by atoms with Gasteiger partial charge in [-0.15, -0.1) is 23.1 Å². The first kappa shape index (κ1) is 15.7. The number of aliphatic imine (C=N–C) groups is 2. The summed E-state index contributed by atoms with van der Waals surface area (Å²) in [4.78, 5) is 9.86. The third kappa shape index (κ3) is 3.98. The van der Waals surface area contributed by atoms with E-state index in [9.17, 15) is 0 Å². The standard InChI is InChI=1S/C15H16N6S2/c16-8-13(23-9-10-4-3-7-22-10)18-15(17)19-14-11-5-1-2-6-12(11)20-21-14/h1-7H,8-9,16H2,(H3,17,19,20,21). The van der Waals surface area contributed by atoms with Gasteiger partial charge in [-0.25, -0.2) is 4.99 Å². The van der Waals surface area contributed by atoms with Crippen molar-refractivity contribution in [3.63, 3.8) is 0 Å². The second-order valence-corrected chi connectivity index (χ2v) is 6.72. The lowest BCUT2D eigenvalue weighted by atomic mass is 10.2. The first-order valence-corrected chi connectivity index (χ1v) is 8.83. The maximum atomic E-state index is 5.92. The summed E-state index contributed by atoms with van der Waals surface area (Å²) in [5.74, 6) is 1.51. The molecule has 0 bridgehead atoms. The van der Waals surface area contributed by atoms with Crippen LogP contribution in [0.15, 0.2) is 51.8 Å². The number of nitrogens with two attached hydrogens (primary N) is 2. The topological polar surface area (TPSA) is 105 Å². The van der Waals surface area contributed by atoms with Crippen molar-refractivity contribution in [3.8, 4) is 0 Å². The number of para-hydroxylation sites is 1. The molecule has 118 valence electrons. The highest BCUT2D eigenvalue weighted by molar-refractivity contribution is 8.13. The van der Waals surface area contributed by atoms with Crippen LogP contribution in [0.1, 0.15) is 4.88 Å². The molecule has 0 atom stereocenters. The molecule has 2 aromatic heterocycles. The number of aromatic nitrogens is 2. The van der Waals surface area contributed by atoms with Gasteiger partial charge >= 0.3 is 0 Å². The Hall–Kier alpha value is -2.16. The quantitative estimate of drug-likeness (QED) is 0.500. The molecule has 8 heteroatoms. The second kappa shape index (κ2) is 7.40. The highest BCUT2D eigenvalue weighted by Gasteiger charge is 2.05. The molecular formula is C15H16N6S2. The normalized spacial score (nSPS) is 12.9. The Labute approximate surface area is 141 Å². The summed E-state index contributed by atoms with van der Waals surface area (Å²) in [6.07, 6.45) is 0. The molecule has 0 aliphatic heterocycles. The van der Waals surface area contributed by atoms with Gasteiger partial charge in [-0.3, -0.25) is 5.10 Å². The number of fused-ring (bicyclic) bond motifs is 1. The number of nitrogens with one attached hydrogen (secondary N) is 1. The van der Waals surface area contributed by atoms with Crippen molar-refractivity contribution in [1.29, 1.82) is 0 Å². The molecule has 3 aromatic rings. The van der Waals surface area contributed by atoms with Crippen LogP contribution in [0.3, 0.4) is 0 Å². The number of nitrogens with zero attached hydrogens (tertiary/aromatic N) is 3. The van der Waals surface area contributed by atoms with E-state index in [2.05, 4.69) is 26.2 Å². The Morgan fingerprint density at radius 3 is 2.91 bits per heavy atom. The number of thioether (sulfide) groups is 1. The van der Waals surface area contributed by atoms with Crippen LogP contribution in [0.5, 0.6) is 0 Å². The molecule has 0 aliphatic carbocycles. The van der Waals surface area contributed by atoms with Gasteiger partial charge in [0, 0.05) is 22.6 Å². The smallest absolute Gasteiger partial charge is 0.222 e. The third-order valence-corrected chi connectivity index (χ3v) is 5.15. The van der Waals surface area contributed by atoms with E-state index in [1.54, 1.807) is 23.1 Å². The molecular weight excluding hydrogens is 328 g/mol. The third-order valence-electron chi connectivity index (χ3n) is 3.05. The van der Waals surface area contributed by atoms with Gasteiger partial charge in [0.2, 0.25) is 5.96 Å². The average Bonchev–Trinajstić information content (AvgIpc) is 3.22. The van der Waals surface area contributed by atoms with E-state index >= 15 is 0 Å². The molecule has 0 fully saturated rings. The van der Waals surface area contributed by atoms with Crippen molar-refractivity contribution < 1.29 is 0 Å². The highest BCUT2D eigenvalue weighted by Crippen LogP contribution is 2.22. The zero-order chi connectivity index (χ0) is 16.1. The maximum absolute atomic E-state index is 5.92. The number of thiophene rings is 1. The SMILES string of the molecule is NCC(=NC(N)=Nc1n[nH]c2ccccc12)SCc1cccs1. The lowest BCUT2D eigenvalue weighted by Crippen LogP contribution is -2.16. The number of benzene rings is 1. The van der Waals surface area contributed by atoms with Crippen LogP contribution >= 0.6 is 23.1 Å². The lowest BCUT2D eigenvalue weighted by Gasteiger charge is -2.02. The van der Waals surface area contributed by atoms with Crippen LogP contribution in [0.25, 0.3) is 10.9 Å². The minimum absolute atomic E-state index is 0.154. The van der Waals surface area contributed by atoms with Crippen molar-refractivity contribution in [3.05, 3.63) is 46.7 Å². The molecule has 0 radical (unpaired) electrons. The van der Waals surface area contributed by atoms with Gasteiger partial charge in [-0.05, 0) is 23.6 Å². The van der Waals surface area contributed by atoms with Gasteiger partial charge in [0.15, 0.2) is 5.82 Å². The van der Waals surface area contributed by atoms with Gasteiger partial charge in [0.1, 0.15) is 0 Å². The first-order chi connectivity index (χ1) is 11.3. The molecule has 2 heterocycles. The Bertz CT molecular complexity index is 835. The van der Waals surface area contributed by atoms with Gasteiger partial charge in [-0.1, -0.05) is 18.2 Å². The van der Waals surface area contributed by atoms with Gasteiger partial charge in [0.25, 0.3) is 0 Å². The van der Waals surface area contributed by atoms with Gasteiger partial charge in [0.05, 0.1) is 10.6 Å². The van der Waals surface area contributed by atoms with E-state index in [0.29, 0.717) is 12.4 Å². The maximum Gasteiger partial charge on any atom is 0.222 e. The Balaban J connectivity index is 1.76. The number of aromatic amines is 1. The predicted molar refractivity (Wildman–Crippen MR) is 99.5 cm³/mol. The van der Waals surface area contributed by atoms with Crippen LogP contribution in [0.4, 0.5) is 5.82 Å². The van der Waals surface area contributed by atoms with Crippen molar-refractivity contribution >= 4 is 50.8 Å². The van der Waals surface area contributed by atoms with Crippen molar-refractivity contribution in [2.24, 2.45) is 21.5 Å². The molecule has 0 spiro atoms. The fraction of sp³-hybridized carbons (Fsp3) is 0.133. The molecule has 0 aliphatic rings. The van der Waals surface area contributed by atoms with E-state index in [0.717, 1.165) is 21.7 Å². The molecule has 3 rings (SSSR count). The van der Waals surface area contributed by atoms with Gasteiger partial charge in [-0.2, -0.15) is 10.1 Å². The zero-order valence-electron chi connectivity index (χ0n) is 12.3. The minimum Gasteiger partial charge on any atom is -0.368 e. The van der Waals surface area contributed by atoms with E-state index in [-0.39, 0.29) is 5.96 Å². The van der Waals surface area contributed by atoms with Crippen LogP contribution in [-0.4, -0.2) is 27.7 Å². The van der Waals surface area contributed by atoms with Crippen LogP contribution < -0.4 is 11.5 Å². The number of hydrogen-bond acceptors (Lipinski definition) is 5. The summed E-state index contributed by atoms with van der Waals surface area (Å²) in [7, 11) is 0. The fourth-order valence-electron chi connectivity index (χ4n) is 1.98. The summed E-state index contributed by atoms with van der Waals surface area (Å²) in [6, 6.07) is 11.8. The van der Waals surface area contributed by atoms with E-state index in [4.69, 9.17) is 11.5 Å². The summed E-state index contributed by atoms with van der Waals surface area (Å²) in [5.41, 5.74) is 12.6. The molecule has 23 heavy (non-hydrogen) atoms. The van der Waals surface area contributed by atoms with Crippen LogP contribution in [-0.2, 0) is 5.75 Å². The Kier molecular flexibility index (Phi) is 5.06. The Morgan fingerprint density at radius 2 is 2.13 bits per heavy atom. The van der Waals surface area contributed by atoms with Gasteiger partial charge < -0.3 is 11.5 Å². The number of H-pyrrole nitrogens is 1. The lowest BCUT2D eigenvalue weighted by molar-refractivity contribution is 1.10. The van der Waals surface area contributed by atoms with Crippen molar-refractivity contribution in [2.45, 2.75) is 5.75 Å². The second-order valence-electron chi connectivity index (χ2n) is 4.64. The highest BCUT2D eigenvalue weighted by atomic mass is 32.2. The fourth-order valence-corrected chi connectivity index (χ4v) is 3.60. The molecule has 0 saturated carbocycles. The van der Waals surface area contributed by atoms with Crippen LogP contribution in [0.2, 0.25) is 0 Å². The molecule has 5 N–H and O–H groups in total. The summed E-state index contributed by atoms with van der Waals surface area (Å²) in [6.45, 7) is 0.327.